The standard InChI is InChI=1S/C17H14BrN5O2/c1-10(24)19-16-21-22-17(23(16)12-8-6-11(18)7-9-12)13-4-2-3-5-14(13)20-15(17)25/h2-9,22H,1H3,(H,20,25)(H,19,21,24). The highest BCUT2D eigenvalue weighted by Gasteiger charge is 2.56. The van der Waals surface area contributed by atoms with Gasteiger partial charge >= 0.3 is 0 Å². The Labute approximate surface area is 152 Å². The summed E-state index contributed by atoms with van der Waals surface area (Å²) in [4.78, 5) is 26.2. The van der Waals surface area contributed by atoms with Crippen LogP contribution in [0.25, 0.3) is 0 Å². The maximum atomic E-state index is 12.9. The molecule has 0 saturated heterocycles. The number of para-hydroxylation sites is 1. The summed E-state index contributed by atoms with van der Waals surface area (Å²) < 4.78 is 0.909. The fourth-order valence-corrected chi connectivity index (χ4v) is 3.38. The molecule has 2 heterocycles. The predicted octanol–water partition coefficient (Wildman–Crippen LogP) is 2.07. The predicted molar refractivity (Wildman–Crippen MR) is 97.8 cm³/mol. The van der Waals surface area contributed by atoms with E-state index in [-0.39, 0.29) is 17.8 Å². The number of hydrazone groups is 1. The summed E-state index contributed by atoms with van der Waals surface area (Å²) in [5.41, 5.74) is 3.85. The van der Waals surface area contributed by atoms with Crippen LogP contribution in [-0.4, -0.2) is 17.8 Å². The molecule has 2 aliphatic rings. The van der Waals surface area contributed by atoms with Gasteiger partial charge < -0.3 is 5.32 Å². The Hall–Kier alpha value is -2.87. The molecule has 3 N–H and O–H groups in total. The molecule has 7 nitrogen and oxygen atoms in total. The van der Waals surface area contributed by atoms with Gasteiger partial charge in [-0.15, -0.1) is 5.10 Å². The van der Waals surface area contributed by atoms with E-state index in [0.29, 0.717) is 11.4 Å². The molecule has 25 heavy (non-hydrogen) atoms. The fourth-order valence-electron chi connectivity index (χ4n) is 3.12. The summed E-state index contributed by atoms with van der Waals surface area (Å²) in [5, 5.41) is 9.80. The zero-order valence-electron chi connectivity index (χ0n) is 13.2. The normalized spacial score (nSPS) is 20.8. The van der Waals surface area contributed by atoms with Crippen LogP contribution in [0.4, 0.5) is 11.4 Å². The van der Waals surface area contributed by atoms with Gasteiger partial charge in [0.15, 0.2) is 0 Å². The molecule has 0 aromatic heterocycles. The van der Waals surface area contributed by atoms with Crippen molar-refractivity contribution in [1.29, 1.82) is 0 Å². The van der Waals surface area contributed by atoms with E-state index in [2.05, 4.69) is 37.1 Å². The molecule has 1 unspecified atom stereocenters. The average Bonchev–Trinajstić information content (AvgIpc) is 3.08. The minimum Gasteiger partial charge on any atom is -0.322 e. The molecule has 8 heteroatoms. The molecular formula is C17H14BrN5O2. The number of anilines is 2. The van der Waals surface area contributed by atoms with Crippen molar-refractivity contribution in [1.82, 2.24) is 10.7 Å². The summed E-state index contributed by atoms with van der Waals surface area (Å²) in [5.74, 6) is -0.270. The molecule has 2 amide bonds. The number of halogens is 1. The average molecular weight is 400 g/mol. The molecule has 2 aromatic carbocycles. The number of guanidine groups is 1. The lowest BCUT2D eigenvalue weighted by molar-refractivity contribution is -0.121. The van der Waals surface area contributed by atoms with Gasteiger partial charge in [-0.2, -0.15) is 0 Å². The molecule has 0 radical (unpaired) electrons. The van der Waals surface area contributed by atoms with Gasteiger partial charge in [0, 0.05) is 28.3 Å². The van der Waals surface area contributed by atoms with Crippen molar-refractivity contribution in [2.45, 2.75) is 12.6 Å². The third kappa shape index (κ3) is 2.29. The Morgan fingerprint density at radius 2 is 1.92 bits per heavy atom. The maximum absolute atomic E-state index is 12.9. The summed E-state index contributed by atoms with van der Waals surface area (Å²) in [6.07, 6.45) is 0. The first-order chi connectivity index (χ1) is 12.0. The van der Waals surface area contributed by atoms with E-state index < -0.39 is 5.66 Å². The van der Waals surface area contributed by atoms with Crippen LogP contribution in [0.1, 0.15) is 12.5 Å². The van der Waals surface area contributed by atoms with Crippen molar-refractivity contribution in [3.05, 3.63) is 58.6 Å². The Balaban J connectivity index is 1.89. The summed E-state index contributed by atoms with van der Waals surface area (Å²) in [7, 11) is 0. The van der Waals surface area contributed by atoms with Crippen molar-refractivity contribution in [2.24, 2.45) is 5.10 Å². The Kier molecular flexibility index (Phi) is 3.50. The third-order valence-corrected chi connectivity index (χ3v) is 4.67. The van der Waals surface area contributed by atoms with Crippen LogP contribution in [0.2, 0.25) is 0 Å². The second-order valence-electron chi connectivity index (χ2n) is 5.75. The molecule has 1 spiro atoms. The van der Waals surface area contributed by atoms with Gasteiger partial charge in [-0.1, -0.05) is 34.1 Å². The number of hydrogen-bond acceptors (Lipinski definition) is 5. The Bertz CT molecular complexity index is 912. The minimum absolute atomic E-state index is 0.263. The molecule has 0 aliphatic carbocycles. The SMILES string of the molecule is CC(=O)NC1=NNC2(C(=O)Nc3ccccc32)N1c1ccc(Br)cc1. The van der Waals surface area contributed by atoms with E-state index in [1.165, 1.54) is 6.92 Å². The number of carbonyl (C=O) groups excluding carboxylic acids is 2. The molecule has 4 rings (SSSR count). The first-order valence-electron chi connectivity index (χ1n) is 7.61. The first kappa shape index (κ1) is 15.6. The van der Waals surface area contributed by atoms with Crippen LogP contribution in [0, 0.1) is 0 Å². The molecule has 126 valence electrons. The first-order valence-corrected chi connectivity index (χ1v) is 8.41. The van der Waals surface area contributed by atoms with Gasteiger partial charge in [-0.05, 0) is 30.3 Å². The quantitative estimate of drug-likeness (QED) is 0.684. The summed E-state index contributed by atoms with van der Waals surface area (Å²) >= 11 is 3.41. The minimum atomic E-state index is -1.25. The van der Waals surface area contributed by atoms with E-state index in [4.69, 9.17) is 0 Å². The molecule has 2 aromatic rings. The van der Waals surface area contributed by atoms with E-state index in [1.807, 2.05) is 48.5 Å². The smallest absolute Gasteiger partial charge is 0.278 e. The van der Waals surface area contributed by atoms with Crippen molar-refractivity contribution in [2.75, 3.05) is 10.2 Å². The topological polar surface area (TPSA) is 85.8 Å². The number of benzene rings is 2. The molecule has 0 bridgehead atoms. The highest BCUT2D eigenvalue weighted by molar-refractivity contribution is 9.10. The van der Waals surface area contributed by atoms with Crippen LogP contribution in [0.5, 0.6) is 0 Å². The van der Waals surface area contributed by atoms with Crippen molar-refractivity contribution < 1.29 is 9.59 Å². The fraction of sp³-hybridized carbons (Fsp3) is 0.118. The van der Waals surface area contributed by atoms with Crippen LogP contribution in [0.3, 0.4) is 0 Å². The van der Waals surface area contributed by atoms with Gasteiger partial charge in [0.1, 0.15) is 0 Å². The molecule has 2 aliphatic heterocycles. The van der Waals surface area contributed by atoms with Crippen LogP contribution >= 0.6 is 15.9 Å². The number of rotatable bonds is 1. The Morgan fingerprint density at radius 1 is 1.20 bits per heavy atom. The summed E-state index contributed by atoms with van der Waals surface area (Å²) in [6.45, 7) is 1.40. The number of carbonyl (C=O) groups is 2. The number of nitrogens with one attached hydrogen (secondary N) is 3. The molecule has 0 fully saturated rings. The zero-order chi connectivity index (χ0) is 17.6. The van der Waals surface area contributed by atoms with E-state index in [9.17, 15) is 9.59 Å². The van der Waals surface area contributed by atoms with Crippen LogP contribution in [-0.2, 0) is 15.3 Å². The van der Waals surface area contributed by atoms with Gasteiger partial charge in [0.05, 0.1) is 0 Å². The van der Waals surface area contributed by atoms with E-state index >= 15 is 0 Å². The highest BCUT2D eigenvalue weighted by atomic mass is 79.9. The van der Waals surface area contributed by atoms with Gasteiger partial charge in [0.2, 0.25) is 17.5 Å². The zero-order valence-corrected chi connectivity index (χ0v) is 14.8. The highest BCUT2D eigenvalue weighted by Crippen LogP contribution is 2.43. The second-order valence-corrected chi connectivity index (χ2v) is 6.67. The van der Waals surface area contributed by atoms with Crippen molar-refractivity contribution in [3.8, 4) is 0 Å². The Morgan fingerprint density at radius 3 is 2.64 bits per heavy atom. The maximum Gasteiger partial charge on any atom is 0.278 e. The largest absolute Gasteiger partial charge is 0.322 e. The third-order valence-electron chi connectivity index (χ3n) is 4.14. The summed E-state index contributed by atoms with van der Waals surface area (Å²) in [6, 6.07) is 14.8. The van der Waals surface area contributed by atoms with Crippen molar-refractivity contribution in [3.63, 3.8) is 0 Å². The van der Waals surface area contributed by atoms with E-state index in [1.54, 1.807) is 4.90 Å². The van der Waals surface area contributed by atoms with Crippen LogP contribution in [0.15, 0.2) is 58.1 Å². The number of fused-ring (bicyclic) bond motifs is 2. The number of hydrogen-bond donors (Lipinski definition) is 3. The number of nitrogens with zero attached hydrogens (tertiary/aromatic N) is 2. The van der Waals surface area contributed by atoms with Gasteiger partial charge in [-0.3, -0.25) is 25.2 Å². The lowest BCUT2D eigenvalue weighted by Gasteiger charge is -2.34. The lowest BCUT2D eigenvalue weighted by atomic mass is 9.99. The van der Waals surface area contributed by atoms with Crippen molar-refractivity contribution >= 4 is 45.1 Å². The second kappa shape index (κ2) is 5.59. The monoisotopic (exact) mass is 399 g/mol. The van der Waals surface area contributed by atoms with E-state index in [0.717, 1.165) is 10.0 Å². The molecular weight excluding hydrogens is 386 g/mol. The van der Waals surface area contributed by atoms with Crippen LogP contribution < -0.4 is 21.0 Å². The van der Waals surface area contributed by atoms with Gasteiger partial charge in [0.25, 0.3) is 5.91 Å². The lowest BCUT2D eigenvalue weighted by Crippen LogP contribution is -2.58. The molecule has 0 saturated carbocycles. The van der Waals surface area contributed by atoms with Gasteiger partial charge in [-0.25, -0.2) is 0 Å². The molecule has 1 atom stereocenters. The number of amides is 2.